The Kier molecular flexibility index (Phi) is 4.31. The molecule has 1 N–H and O–H groups in total. The smallest absolute Gasteiger partial charge is 0.292 e. The van der Waals surface area contributed by atoms with Crippen molar-refractivity contribution in [3.05, 3.63) is 65.2 Å². The van der Waals surface area contributed by atoms with Crippen LogP contribution in [0.5, 0.6) is 0 Å². The van der Waals surface area contributed by atoms with Crippen molar-refractivity contribution < 1.29 is 9.59 Å². The maximum atomic E-state index is 11.9. The van der Waals surface area contributed by atoms with Crippen LogP contribution in [-0.4, -0.2) is 11.7 Å². The standard InChI is InChI=1S/C17H17NO2/c1-12-3-7-14(8-4-12)11-16(19)17(20)18-15-9-5-13(2)6-10-15/h3-10H,11H2,1-2H3,(H,18,20). The second-order valence-corrected chi connectivity index (χ2v) is 4.91. The lowest BCUT2D eigenvalue weighted by atomic mass is 10.1. The first-order valence-electron chi connectivity index (χ1n) is 6.51. The molecule has 102 valence electrons. The molecule has 0 atom stereocenters. The third kappa shape index (κ3) is 3.79. The molecule has 20 heavy (non-hydrogen) atoms. The first-order valence-corrected chi connectivity index (χ1v) is 6.51. The number of hydrogen-bond donors (Lipinski definition) is 1. The molecule has 3 heteroatoms. The number of aryl methyl sites for hydroxylation is 2. The van der Waals surface area contributed by atoms with Crippen LogP contribution in [0.2, 0.25) is 0 Å². The molecule has 3 nitrogen and oxygen atoms in total. The van der Waals surface area contributed by atoms with Gasteiger partial charge in [-0.1, -0.05) is 47.5 Å². The second-order valence-electron chi connectivity index (χ2n) is 4.91. The molecule has 0 aromatic heterocycles. The SMILES string of the molecule is Cc1ccc(CC(=O)C(=O)Nc2ccc(C)cc2)cc1. The number of ketones is 1. The summed E-state index contributed by atoms with van der Waals surface area (Å²) in [6.07, 6.45) is 0.123. The molecule has 0 aliphatic carbocycles. The van der Waals surface area contributed by atoms with Gasteiger partial charge in [0.2, 0.25) is 5.78 Å². The van der Waals surface area contributed by atoms with Crippen molar-refractivity contribution in [1.29, 1.82) is 0 Å². The Morgan fingerprint density at radius 2 is 1.35 bits per heavy atom. The fourth-order valence-corrected chi connectivity index (χ4v) is 1.81. The Balaban J connectivity index is 1.96. The van der Waals surface area contributed by atoms with Gasteiger partial charge in [-0.3, -0.25) is 9.59 Å². The molecule has 2 rings (SSSR count). The highest BCUT2D eigenvalue weighted by atomic mass is 16.2. The number of benzene rings is 2. The molecule has 2 aromatic rings. The Morgan fingerprint density at radius 3 is 1.90 bits per heavy atom. The zero-order valence-corrected chi connectivity index (χ0v) is 11.6. The predicted molar refractivity (Wildman–Crippen MR) is 79.7 cm³/mol. The van der Waals surface area contributed by atoms with Crippen LogP contribution < -0.4 is 5.32 Å². The zero-order chi connectivity index (χ0) is 14.5. The van der Waals surface area contributed by atoms with Crippen molar-refractivity contribution in [1.82, 2.24) is 0 Å². The Hall–Kier alpha value is -2.42. The molecular formula is C17H17NO2. The summed E-state index contributed by atoms with van der Waals surface area (Å²) in [7, 11) is 0. The van der Waals surface area contributed by atoms with E-state index in [1.54, 1.807) is 12.1 Å². The zero-order valence-electron chi connectivity index (χ0n) is 11.6. The van der Waals surface area contributed by atoms with Gasteiger partial charge in [0.05, 0.1) is 0 Å². The van der Waals surface area contributed by atoms with Crippen LogP contribution in [0.1, 0.15) is 16.7 Å². The van der Waals surface area contributed by atoms with Gasteiger partial charge in [-0.25, -0.2) is 0 Å². The van der Waals surface area contributed by atoms with Crippen molar-refractivity contribution in [2.75, 3.05) is 5.32 Å². The largest absolute Gasteiger partial charge is 0.319 e. The van der Waals surface area contributed by atoms with Gasteiger partial charge in [0.25, 0.3) is 5.91 Å². The van der Waals surface area contributed by atoms with E-state index in [1.165, 1.54) is 0 Å². The fourth-order valence-electron chi connectivity index (χ4n) is 1.81. The summed E-state index contributed by atoms with van der Waals surface area (Å²) in [5.74, 6) is -1.01. The summed E-state index contributed by atoms with van der Waals surface area (Å²) in [5, 5.41) is 2.61. The normalized spacial score (nSPS) is 10.1. The third-order valence-electron chi connectivity index (χ3n) is 3.05. The van der Waals surface area contributed by atoms with E-state index in [-0.39, 0.29) is 6.42 Å². The van der Waals surface area contributed by atoms with Gasteiger partial charge < -0.3 is 5.32 Å². The molecule has 2 aromatic carbocycles. The van der Waals surface area contributed by atoms with Gasteiger partial charge in [0.1, 0.15) is 0 Å². The number of Topliss-reactive ketones (excluding diaryl/α,β-unsaturated/α-hetero) is 1. The summed E-state index contributed by atoms with van der Waals surface area (Å²) in [6, 6.07) is 14.9. The molecule has 0 spiro atoms. The van der Waals surface area contributed by atoms with Crippen LogP contribution >= 0.6 is 0 Å². The minimum Gasteiger partial charge on any atom is -0.319 e. The lowest BCUT2D eigenvalue weighted by Gasteiger charge is -2.05. The van der Waals surface area contributed by atoms with Gasteiger partial charge in [-0.2, -0.15) is 0 Å². The number of hydrogen-bond acceptors (Lipinski definition) is 2. The van der Waals surface area contributed by atoms with E-state index in [4.69, 9.17) is 0 Å². The van der Waals surface area contributed by atoms with Crippen LogP contribution in [-0.2, 0) is 16.0 Å². The first kappa shape index (κ1) is 14.0. The van der Waals surface area contributed by atoms with E-state index >= 15 is 0 Å². The van der Waals surface area contributed by atoms with Gasteiger partial charge in [-0.05, 0) is 31.5 Å². The molecule has 0 saturated heterocycles. The van der Waals surface area contributed by atoms with E-state index in [2.05, 4.69) is 5.32 Å². The van der Waals surface area contributed by atoms with Gasteiger partial charge in [0.15, 0.2) is 0 Å². The average molecular weight is 267 g/mol. The predicted octanol–water partition coefficient (Wildman–Crippen LogP) is 3.05. The molecule has 0 fully saturated rings. The van der Waals surface area contributed by atoms with E-state index in [1.807, 2.05) is 50.2 Å². The van der Waals surface area contributed by atoms with Crippen molar-refractivity contribution in [3.8, 4) is 0 Å². The van der Waals surface area contributed by atoms with Crippen LogP contribution in [0.3, 0.4) is 0 Å². The van der Waals surface area contributed by atoms with Crippen LogP contribution in [0.15, 0.2) is 48.5 Å². The minimum atomic E-state index is -0.575. The molecule has 0 unspecified atom stereocenters. The third-order valence-corrected chi connectivity index (χ3v) is 3.05. The molecule has 0 aliphatic heterocycles. The van der Waals surface area contributed by atoms with E-state index in [0.29, 0.717) is 5.69 Å². The number of carbonyl (C=O) groups excluding carboxylic acids is 2. The summed E-state index contributed by atoms with van der Waals surface area (Å²) >= 11 is 0. The highest BCUT2D eigenvalue weighted by Gasteiger charge is 2.14. The Bertz CT molecular complexity index is 555. The lowest BCUT2D eigenvalue weighted by Crippen LogP contribution is -2.24. The summed E-state index contributed by atoms with van der Waals surface area (Å²) < 4.78 is 0. The van der Waals surface area contributed by atoms with E-state index < -0.39 is 11.7 Å². The highest BCUT2D eigenvalue weighted by Crippen LogP contribution is 2.09. The number of anilines is 1. The molecule has 0 heterocycles. The average Bonchev–Trinajstić information content (AvgIpc) is 2.44. The van der Waals surface area contributed by atoms with Crippen molar-refractivity contribution in [2.45, 2.75) is 20.3 Å². The maximum Gasteiger partial charge on any atom is 0.292 e. The number of nitrogens with one attached hydrogen (secondary N) is 1. The summed E-state index contributed by atoms with van der Waals surface area (Å²) in [6.45, 7) is 3.95. The van der Waals surface area contributed by atoms with E-state index in [9.17, 15) is 9.59 Å². The molecule has 0 aliphatic rings. The molecule has 0 saturated carbocycles. The molecular weight excluding hydrogens is 250 g/mol. The van der Waals surface area contributed by atoms with Gasteiger partial charge >= 0.3 is 0 Å². The summed E-state index contributed by atoms with van der Waals surface area (Å²) in [4.78, 5) is 23.7. The Morgan fingerprint density at radius 1 is 0.850 bits per heavy atom. The molecule has 0 bridgehead atoms. The topological polar surface area (TPSA) is 46.2 Å². The molecule has 0 radical (unpaired) electrons. The van der Waals surface area contributed by atoms with Gasteiger partial charge in [0, 0.05) is 12.1 Å². The van der Waals surface area contributed by atoms with Crippen LogP contribution in [0, 0.1) is 13.8 Å². The lowest BCUT2D eigenvalue weighted by molar-refractivity contribution is -0.134. The van der Waals surface area contributed by atoms with Crippen molar-refractivity contribution >= 4 is 17.4 Å². The van der Waals surface area contributed by atoms with Crippen molar-refractivity contribution in [3.63, 3.8) is 0 Å². The van der Waals surface area contributed by atoms with Crippen LogP contribution in [0.4, 0.5) is 5.69 Å². The fraction of sp³-hybridized carbons (Fsp3) is 0.176. The summed E-state index contributed by atoms with van der Waals surface area (Å²) in [5.41, 5.74) is 3.72. The maximum absolute atomic E-state index is 11.9. The first-order chi connectivity index (χ1) is 9.54. The highest BCUT2D eigenvalue weighted by molar-refractivity contribution is 6.41. The van der Waals surface area contributed by atoms with Crippen molar-refractivity contribution in [2.24, 2.45) is 0 Å². The van der Waals surface area contributed by atoms with Gasteiger partial charge in [-0.15, -0.1) is 0 Å². The van der Waals surface area contributed by atoms with Crippen LogP contribution in [0.25, 0.3) is 0 Å². The Labute approximate surface area is 118 Å². The van der Waals surface area contributed by atoms with E-state index in [0.717, 1.165) is 16.7 Å². The molecule has 1 amide bonds. The minimum absolute atomic E-state index is 0.123. The quantitative estimate of drug-likeness (QED) is 0.865. The number of carbonyl (C=O) groups is 2. The second kappa shape index (κ2) is 6.15. The number of rotatable bonds is 4. The monoisotopic (exact) mass is 267 g/mol. The number of amides is 1.